The summed E-state index contributed by atoms with van der Waals surface area (Å²) in [6.07, 6.45) is 6.48. The van der Waals surface area contributed by atoms with Crippen LogP contribution in [0.25, 0.3) is 5.69 Å². The Morgan fingerprint density at radius 3 is 2.63 bits per heavy atom. The molecule has 1 aliphatic rings. The predicted octanol–water partition coefficient (Wildman–Crippen LogP) is 3.46. The molecule has 35 heavy (non-hydrogen) atoms. The van der Waals surface area contributed by atoms with E-state index in [1.54, 1.807) is 10.8 Å². The average Bonchev–Trinajstić information content (AvgIpc) is 3.49. The second kappa shape index (κ2) is 9.13. The Hall–Kier alpha value is -4.33. The van der Waals surface area contributed by atoms with Gasteiger partial charge in [-0.3, -0.25) is 9.55 Å². The summed E-state index contributed by atoms with van der Waals surface area (Å²) >= 11 is 0. The molecule has 174 valence electrons. The number of para-hydroxylation sites is 1. The Labute approximate surface area is 202 Å². The Kier molecular flexibility index (Phi) is 5.54. The molecule has 6 rings (SSSR count). The summed E-state index contributed by atoms with van der Waals surface area (Å²) in [5.74, 6) is 2.54. The molecular formula is C27H25N7O. The number of aromatic nitrogens is 7. The summed E-state index contributed by atoms with van der Waals surface area (Å²) in [6.45, 7) is 0.617. The van der Waals surface area contributed by atoms with E-state index in [0.29, 0.717) is 19.4 Å². The molecule has 4 heterocycles. The molecule has 1 unspecified atom stereocenters. The summed E-state index contributed by atoms with van der Waals surface area (Å²) in [6, 6.07) is 22.8. The van der Waals surface area contributed by atoms with Gasteiger partial charge in [0.2, 0.25) is 0 Å². The first kappa shape index (κ1) is 21.2. The summed E-state index contributed by atoms with van der Waals surface area (Å²) in [4.78, 5) is 21.3. The van der Waals surface area contributed by atoms with Gasteiger partial charge in [-0.2, -0.15) is 10.2 Å². The Balaban J connectivity index is 1.42. The lowest BCUT2D eigenvalue weighted by molar-refractivity contribution is 0.438. The first-order valence-corrected chi connectivity index (χ1v) is 11.9. The maximum atomic E-state index is 12.0. The van der Waals surface area contributed by atoms with Crippen molar-refractivity contribution in [1.82, 2.24) is 34.5 Å². The van der Waals surface area contributed by atoms with Crippen molar-refractivity contribution in [2.75, 3.05) is 0 Å². The van der Waals surface area contributed by atoms with Crippen molar-refractivity contribution < 1.29 is 0 Å². The third kappa shape index (κ3) is 4.30. The third-order valence-corrected chi connectivity index (χ3v) is 6.55. The van der Waals surface area contributed by atoms with Crippen molar-refractivity contribution in [2.24, 2.45) is 0 Å². The zero-order valence-electron chi connectivity index (χ0n) is 19.2. The Morgan fingerprint density at radius 1 is 0.943 bits per heavy atom. The fourth-order valence-corrected chi connectivity index (χ4v) is 4.82. The lowest BCUT2D eigenvalue weighted by Crippen LogP contribution is -2.27. The number of rotatable bonds is 6. The molecule has 0 fully saturated rings. The van der Waals surface area contributed by atoms with Gasteiger partial charge in [0.15, 0.2) is 5.82 Å². The number of hydrogen-bond acceptors (Lipinski definition) is 5. The fraction of sp³-hybridized carbons (Fsp3) is 0.222. The summed E-state index contributed by atoms with van der Waals surface area (Å²) in [5, 5.41) is 11.8. The van der Waals surface area contributed by atoms with Crippen LogP contribution < -0.4 is 5.69 Å². The predicted molar refractivity (Wildman–Crippen MR) is 132 cm³/mol. The van der Waals surface area contributed by atoms with Crippen LogP contribution in [0.1, 0.15) is 46.5 Å². The molecule has 1 aliphatic heterocycles. The molecule has 1 atom stereocenters. The molecule has 0 amide bonds. The van der Waals surface area contributed by atoms with E-state index in [9.17, 15) is 4.79 Å². The Bertz CT molecular complexity index is 1500. The molecule has 1 N–H and O–H groups in total. The van der Waals surface area contributed by atoms with E-state index in [0.717, 1.165) is 41.6 Å². The van der Waals surface area contributed by atoms with E-state index >= 15 is 0 Å². The van der Waals surface area contributed by atoms with Crippen LogP contribution >= 0.6 is 0 Å². The highest BCUT2D eigenvalue weighted by molar-refractivity contribution is 5.44. The number of H-pyrrole nitrogens is 1. The van der Waals surface area contributed by atoms with Crippen molar-refractivity contribution in [1.29, 1.82) is 0 Å². The Morgan fingerprint density at radius 2 is 1.77 bits per heavy atom. The van der Waals surface area contributed by atoms with Gasteiger partial charge in [0.1, 0.15) is 11.6 Å². The maximum absolute atomic E-state index is 12.0. The van der Waals surface area contributed by atoms with Crippen LogP contribution in [0.2, 0.25) is 0 Å². The quantitative estimate of drug-likeness (QED) is 0.416. The van der Waals surface area contributed by atoms with Crippen LogP contribution in [-0.4, -0.2) is 34.5 Å². The molecule has 0 bridgehead atoms. The summed E-state index contributed by atoms with van der Waals surface area (Å²) in [7, 11) is 0. The van der Waals surface area contributed by atoms with Crippen LogP contribution in [0, 0.1) is 0 Å². The van der Waals surface area contributed by atoms with Crippen molar-refractivity contribution in [2.45, 2.75) is 38.1 Å². The number of pyridine rings is 1. The first-order valence-electron chi connectivity index (χ1n) is 11.9. The van der Waals surface area contributed by atoms with Crippen molar-refractivity contribution in [3.63, 3.8) is 0 Å². The van der Waals surface area contributed by atoms with E-state index in [2.05, 4.69) is 57.6 Å². The van der Waals surface area contributed by atoms with Gasteiger partial charge in [0.05, 0.1) is 5.69 Å². The highest BCUT2D eigenvalue weighted by atomic mass is 16.1. The van der Waals surface area contributed by atoms with E-state index in [1.165, 1.54) is 11.1 Å². The largest absolute Gasteiger partial charge is 0.343 e. The highest BCUT2D eigenvalue weighted by Crippen LogP contribution is 2.30. The van der Waals surface area contributed by atoms with Gasteiger partial charge in [-0.05, 0) is 41.7 Å². The summed E-state index contributed by atoms with van der Waals surface area (Å²) in [5.41, 5.74) is 4.38. The lowest BCUT2D eigenvalue weighted by atomic mass is 9.96. The number of aromatic amines is 1. The van der Waals surface area contributed by atoms with E-state index in [4.69, 9.17) is 10.1 Å². The van der Waals surface area contributed by atoms with Gasteiger partial charge >= 0.3 is 5.69 Å². The lowest BCUT2D eigenvalue weighted by Gasteiger charge is -2.22. The van der Waals surface area contributed by atoms with Gasteiger partial charge in [0.25, 0.3) is 0 Å². The molecule has 5 aromatic rings. The van der Waals surface area contributed by atoms with E-state index in [-0.39, 0.29) is 11.6 Å². The van der Waals surface area contributed by atoms with E-state index in [1.807, 2.05) is 35.1 Å². The fourth-order valence-electron chi connectivity index (χ4n) is 4.82. The van der Waals surface area contributed by atoms with Crippen LogP contribution in [0.3, 0.4) is 0 Å². The monoisotopic (exact) mass is 463 g/mol. The van der Waals surface area contributed by atoms with Crippen LogP contribution in [0.4, 0.5) is 0 Å². The normalized spacial score (nSPS) is 15.1. The average molecular weight is 464 g/mol. The SMILES string of the molecule is O=c1[nH]nc2n1CCC(c1nc(Cc3cccnc3)nn1-c1ccccc1Cc1ccccc1)C2. The molecule has 0 saturated carbocycles. The summed E-state index contributed by atoms with van der Waals surface area (Å²) < 4.78 is 3.73. The maximum Gasteiger partial charge on any atom is 0.343 e. The van der Waals surface area contributed by atoms with Gasteiger partial charge < -0.3 is 0 Å². The smallest absolute Gasteiger partial charge is 0.279 e. The minimum Gasteiger partial charge on any atom is -0.279 e. The first-order chi connectivity index (χ1) is 17.2. The minimum atomic E-state index is -0.148. The van der Waals surface area contributed by atoms with Gasteiger partial charge in [-0.25, -0.2) is 19.6 Å². The topological polar surface area (TPSA) is 94.3 Å². The van der Waals surface area contributed by atoms with E-state index < -0.39 is 0 Å². The molecular weight excluding hydrogens is 438 g/mol. The molecule has 0 spiro atoms. The second-order valence-corrected chi connectivity index (χ2v) is 8.91. The molecule has 0 saturated heterocycles. The number of fused-ring (bicyclic) bond motifs is 1. The van der Waals surface area contributed by atoms with Crippen LogP contribution in [-0.2, 0) is 25.8 Å². The number of benzene rings is 2. The second-order valence-electron chi connectivity index (χ2n) is 8.91. The third-order valence-electron chi connectivity index (χ3n) is 6.55. The van der Waals surface area contributed by atoms with Crippen molar-refractivity contribution >= 4 is 0 Å². The number of hydrogen-bond donors (Lipinski definition) is 1. The molecule has 8 heteroatoms. The van der Waals surface area contributed by atoms with Crippen LogP contribution in [0.5, 0.6) is 0 Å². The zero-order chi connectivity index (χ0) is 23.6. The minimum absolute atomic E-state index is 0.109. The zero-order valence-corrected chi connectivity index (χ0v) is 19.2. The van der Waals surface area contributed by atoms with Crippen LogP contribution in [0.15, 0.2) is 83.9 Å². The highest BCUT2D eigenvalue weighted by Gasteiger charge is 2.28. The molecule has 2 aromatic carbocycles. The van der Waals surface area contributed by atoms with Gasteiger partial charge in [0, 0.05) is 37.7 Å². The van der Waals surface area contributed by atoms with Crippen molar-refractivity contribution in [3.8, 4) is 5.69 Å². The molecule has 8 nitrogen and oxygen atoms in total. The standard InChI is InChI=1S/C27H25N7O/c35-27-31-30-25-17-22(12-14-33(25)27)26-29-24(16-20-9-6-13-28-18-20)32-34(26)23-11-5-4-10-21(23)15-19-7-2-1-3-8-19/h1-11,13,18,22H,12,14-17H2,(H,31,35). The molecule has 0 aliphatic carbocycles. The van der Waals surface area contributed by atoms with Gasteiger partial charge in [-0.15, -0.1) is 0 Å². The molecule has 0 radical (unpaired) electrons. The number of nitrogens with zero attached hydrogens (tertiary/aromatic N) is 6. The van der Waals surface area contributed by atoms with Crippen molar-refractivity contribution in [3.05, 3.63) is 124 Å². The number of nitrogens with one attached hydrogen (secondary N) is 1. The van der Waals surface area contributed by atoms with Gasteiger partial charge in [-0.1, -0.05) is 54.6 Å². The molecule has 3 aromatic heterocycles.